The number of carbonyl (C=O) groups excluding carboxylic acids is 1. The number of ketones is 1. The number of Topliss-reactive ketones (excluding diaryl/α,β-unsaturated/α-hetero) is 1. The van der Waals surface area contributed by atoms with Gasteiger partial charge >= 0.3 is 0 Å². The van der Waals surface area contributed by atoms with Crippen molar-refractivity contribution in [2.45, 2.75) is 63.5 Å². The van der Waals surface area contributed by atoms with Gasteiger partial charge in [-0.05, 0) is 19.3 Å². The molecule has 0 aliphatic heterocycles. The molecular formula is C12H22OS. The lowest BCUT2D eigenvalue weighted by Gasteiger charge is -2.20. The molecule has 1 fully saturated rings. The summed E-state index contributed by atoms with van der Waals surface area (Å²) < 4.78 is 0. The minimum Gasteiger partial charge on any atom is -0.299 e. The standard InChI is InChI=1S/C12H22OS/c1-2-3-7-11(13)10-14-12-8-5-4-6-9-12/h12H,2-10H2,1H3. The van der Waals surface area contributed by atoms with E-state index in [1.54, 1.807) is 0 Å². The van der Waals surface area contributed by atoms with Crippen LogP contribution < -0.4 is 0 Å². The van der Waals surface area contributed by atoms with Crippen LogP contribution in [0.2, 0.25) is 0 Å². The Kier molecular flexibility index (Phi) is 6.33. The molecule has 0 N–H and O–H groups in total. The van der Waals surface area contributed by atoms with Gasteiger partial charge in [-0.15, -0.1) is 0 Å². The molecule has 14 heavy (non-hydrogen) atoms. The van der Waals surface area contributed by atoms with E-state index in [4.69, 9.17) is 0 Å². The van der Waals surface area contributed by atoms with E-state index in [1.807, 2.05) is 11.8 Å². The monoisotopic (exact) mass is 214 g/mol. The first-order chi connectivity index (χ1) is 6.83. The van der Waals surface area contributed by atoms with E-state index in [2.05, 4.69) is 6.92 Å². The first kappa shape index (κ1) is 12.1. The first-order valence-electron chi connectivity index (χ1n) is 5.96. The van der Waals surface area contributed by atoms with Crippen molar-refractivity contribution in [2.75, 3.05) is 5.75 Å². The lowest BCUT2D eigenvalue weighted by atomic mass is 10.0. The lowest BCUT2D eigenvalue weighted by molar-refractivity contribution is -0.116. The molecule has 1 rings (SSSR count). The molecular weight excluding hydrogens is 192 g/mol. The fourth-order valence-corrected chi connectivity index (χ4v) is 3.12. The number of hydrogen-bond donors (Lipinski definition) is 0. The Morgan fingerprint density at radius 3 is 2.64 bits per heavy atom. The van der Waals surface area contributed by atoms with Gasteiger partial charge in [-0.2, -0.15) is 11.8 Å². The largest absolute Gasteiger partial charge is 0.299 e. The SMILES string of the molecule is CCCCC(=O)CSC1CCCCC1. The Bertz CT molecular complexity index is 162. The van der Waals surface area contributed by atoms with E-state index >= 15 is 0 Å². The van der Waals surface area contributed by atoms with Crippen LogP contribution in [-0.2, 0) is 4.79 Å². The van der Waals surface area contributed by atoms with E-state index in [0.29, 0.717) is 5.78 Å². The van der Waals surface area contributed by atoms with Crippen LogP contribution in [0.5, 0.6) is 0 Å². The first-order valence-corrected chi connectivity index (χ1v) is 7.01. The smallest absolute Gasteiger partial charge is 0.142 e. The highest BCUT2D eigenvalue weighted by molar-refractivity contribution is 8.00. The highest BCUT2D eigenvalue weighted by Gasteiger charge is 2.14. The molecule has 0 aromatic carbocycles. The zero-order valence-electron chi connectivity index (χ0n) is 9.26. The average molecular weight is 214 g/mol. The van der Waals surface area contributed by atoms with Gasteiger partial charge in [0.1, 0.15) is 5.78 Å². The predicted molar refractivity (Wildman–Crippen MR) is 63.9 cm³/mol. The molecule has 0 heterocycles. The number of hydrogen-bond acceptors (Lipinski definition) is 2. The quantitative estimate of drug-likeness (QED) is 0.669. The van der Waals surface area contributed by atoms with Gasteiger partial charge in [-0.25, -0.2) is 0 Å². The Hall–Kier alpha value is 0.0200. The number of unbranched alkanes of at least 4 members (excludes halogenated alkanes) is 1. The van der Waals surface area contributed by atoms with E-state index in [9.17, 15) is 4.79 Å². The summed E-state index contributed by atoms with van der Waals surface area (Å²) in [4.78, 5) is 11.4. The van der Waals surface area contributed by atoms with Gasteiger partial charge in [0.05, 0.1) is 5.75 Å². The Morgan fingerprint density at radius 1 is 1.29 bits per heavy atom. The van der Waals surface area contributed by atoms with Gasteiger partial charge < -0.3 is 0 Å². The molecule has 0 spiro atoms. The second-order valence-corrected chi connectivity index (χ2v) is 5.50. The predicted octanol–water partition coefficient (Wildman–Crippen LogP) is 3.81. The third-order valence-electron chi connectivity index (χ3n) is 2.84. The van der Waals surface area contributed by atoms with Crippen LogP contribution in [0, 0.1) is 0 Å². The molecule has 2 heteroatoms. The van der Waals surface area contributed by atoms with E-state index < -0.39 is 0 Å². The molecule has 1 aliphatic rings. The second kappa shape index (κ2) is 7.33. The summed E-state index contributed by atoms with van der Waals surface area (Å²) in [5.41, 5.74) is 0. The molecule has 0 atom stereocenters. The fourth-order valence-electron chi connectivity index (χ4n) is 1.89. The van der Waals surface area contributed by atoms with Crippen LogP contribution in [0.3, 0.4) is 0 Å². The lowest BCUT2D eigenvalue weighted by Crippen LogP contribution is -2.11. The molecule has 1 nitrogen and oxygen atoms in total. The van der Waals surface area contributed by atoms with Crippen molar-refractivity contribution >= 4 is 17.5 Å². The number of thioether (sulfide) groups is 1. The zero-order valence-corrected chi connectivity index (χ0v) is 10.1. The second-order valence-electron chi connectivity index (χ2n) is 4.21. The summed E-state index contributed by atoms with van der Waals surface area (Å²) in [5.74, 6) is 1.23. The summed E-state index contributed by atoms with van der Waals surface area (Å²) in [6.45, 7) is 2.14. The maximum absolute atomic E-state index is 11.4. The molecule has 0 aromatic rings. The van der Waals surface area contributed by atoms with Crippen molar-refractivity contribution in [3.05, 3.63) is 0 Å². The van der Waals surface area contributed by atoms with Crippen molar-refractivity contribution in [1.29, 1.82) is 0 Å². The van der Waals surface area contributed by atoms with Gasteiger partial charge in [0.15, 0.2) is 0 Å². The Balaban J connectivity index is 2.03. The normalized spacial score (nSPS) is 18.4. The molecule has 82 valence electrons. The fraction of sp³-hybridized carbons (Fsp3) is 0.917. The zero-order chi connectivity index (χ0) is 10.2. The van der Waals surface area contributed by atoms with Crippen molar-refractivity contribution in [3.63, 3.8) is 0 Å². The molecule has 0 unspecified atom stereocenters. The molecule has 0 aromatic heterocycles. The maximum Gasteiger partial charge on any atom is 0.142 e. The summed E-state index contributed by atoms with van der Waals surface area (Å²) in [6, 6.07) is 0. The third-order valence-corrected chi connectivity index (χ3v) is 4.27. The molecule has 0 saturated heterocycles. The summed E-state index contributed by atoms with van der Waals surface area (Å²) in [6.07, 6.45) is 9.85. The third kappa shape index (κ3) is 5.04. The average Bonchev–Trinajstić information content (AvgIpc) is 2.25. The van der Waals surface area contributed by atoms with Crippen LogP contribution in [0.4, 0.5) is 0 Å². The van der Waals surface area contributed by atoms with Crippen LogP contribution >= 0.6 is 11.8 Å². The molecule has 0 radical (unpaired) electrons. The van der Waals surface area contributed by atoms with Crippen LogP contribution in [0.25, 0.3) is 0 Å². The Morgan fingerprint density at radius 2 is 2.00 bits per heavy atom. The van der Waals surface area contributed by atoms with Gasteiger partial charge in [-0.3, -0.25) is 4.79 Å². The van der Waals surface area contributed by atoms with Crippen molar-refractivity contribution in [2.24, 2.45) is 0 Å². The van der Waals surface area contributed by atoms with Crippen LogP contribution in [-0.4, -0.2) is 16.8 Å². The van der Waals surface area contributed by atoms with E-state index in [-0.39, 0.29) is 0 Å². The van der Waals surface area contributed by atoms with E-state index in [0.717, 1.165) is 30.3 Å². The summed E-state index contributed by atoms with van der Waals surface area (Å²) >= 11 is 1.91. The highest BCUT2D eigenvalue weighted by Crippen LogP contribution is 2.28. The van der Waals surface area contributed by atoms with E-state index in [1.165, 1.54) is 32.1 Å². The van der Waals surface area contributed by atoms with Crippen LogP contribution in [0.15, 0.2) is 0 Å². The van der Waals surface area contributed by atoms with Crippen molar-refractivity contribution < 1.29 is 4.79 Å². The highest BCUT2D eigenvalue weighted by atomic mass is 32.2. The molecule has 0 bridgehead atoms. The topological polar surface area (TPSA) is 17.1 Å². The Labute approximate surface area is 92.0 Å². The molecule has 0 amide bonds. The summed E-state index contributed by atoms with van der Waals surface area (Å²) in [7, 11) is 0. The minimum atomic E-state index is 0.461. The molecule has 1 saturated carbocycles. The minimum absolute atomic E-state index is 0.461. The number of rotatable bonds is 6. The maximum atomic E-state index is 11.4. The number of carbonyl (C=O) groups is 1. The van der Waals surface area contributed by atoms with Gasteiger partial charge in [0.2, 0.25) is 0 Å². The van der Waals surface area contributed by atoms with Crippen molar-refractivity contribution in [3.8, 4) is 0 Å². The van der Waals surface area contributed by atoms with Gasteiger partial charge in [-0.1, -0.05) is 32.6 Å². The van der Waals surface area contributed by atoms with Gasteiger partial charge in [0.25, 0.3) is 0 Å². The molecule has 1 aliphatic carbocycles. The summed E-state index contributed by atoms with van der Waals surface area (Å²) in [5, 5.41) is 0.786. The van der Waals surface area contributed by atoms with Gasteiger partial charge in [0, 0.05) is 11.7 Å². The van der Waals surface area contributed by atoms with Crippen molar-refractivity contribution in [1.82, 2.24) is 0 Å². The van der Waals surface area contributed by atoms with Crippen LogP contribution in [0.1, 0.15) is 58.3 Å².